The third-order valence-corrected chi connectivity index (χ3v) is 4.57. The molecule has 1 saturated heterocycles. The molecular weight excluding hydrogens is 370 g/mol. The molecule has 0 saturated carbocycles. The fraction of sp³-hybridized carbons (Fsp3) is 0.333. The van der Waals surface area contributed by atoms with E-state index in [2.05, 4.69) is 26.8 Å². The van der Waals surface area contributed by atoms with Gasteiger partial charge in [0.2, 0.25) is 11.8 Å². The quantitative estimate of drug-likeness (QED) is 0.432. The molecule has 1 aliphatic heterocycles. The molecule has 1 fully saturated rings. The van der Waals surface area contributed by atoms with Crippen LogP contribution in [0.2, 0.25) is 0 Å². The third kappa shape index (κ3) is 6.28. The van der Waals surface area contributed by atoms with Crippen LogP contribution in [0.4, 0.5) is 5.69 Å². The number of hydrazine groups is 1. The lowest BCUT2D eigenvalue weighted by Gasteiger charge is -2.19. The Morgan fingerprint density at radius 3 is 2.59 bits per heavy atom. The maximum atomic E-state index is 12.6. The number of carbonyl (C=O) groups excluding carboxylic acids is 2. The molecule has 2 atom stereocenters. The first-order chi connectivity index (χ1) is 14.2. The van der Waals surface area contributed by atoms with Crippen LogP contribution in [0.5, 0.6) is 5.75 Å². The Morgan fingerprint density at radius 2 is 1.86 bits per heavy atom. The number of carbonyl (C=O) groups is 2. The summed E-state index contributed by atoms with van der Waals surface area (Å²) in [7, 11) is 0. The fourth-order valence-corrected chi connectivity index (χ4v) is 3.03. The average molecular weight is 397 g/mol. The van der Waals surface area contributed by atoms with Gasteiger partial charge in [-0.3, -0.25) is 20.3 Å². The molecule has 0 spiro atoms. The monoisotopic (exact) mass is 397 g/mol. The average Bonchev–Trinajstić information content (AvgIpc) is 3.22. The van der Waals surface area contributed by atoms with Crippen molar-refractivity contribution in [3.05, 3.63) is 60.2 Å². The maximum absolute atomic E-state index is 12.6. The third-order valence-electron chi connectivity index (χ3n) is 4.57. The second kappa shape index (κ2) is 10.6. The minimum Gasteiger partial charge on any atom is -0.494 e. The second-order valence-electron chi connectivity index (χ2n) is 6.70. The molecule has 0 radical (unpaired) electrons. The molecule has 8 nitrogen and oxygen atoms in total. The van der Waals surface area contributed by atoms with E-state index in [-0.39, 0.29) is 30.4 Å². The summed E-state index contributed by atoms with van der Waals surface area (Å²) >= 11 is 0. The lowest BCUT2D eigenvalue weighted by molar-refractivity contribution is -0.122. The van der Waals surface area contributed by atoms with Crippen LogP contribution in [0.15, 0.2) is 54.6 Å². The largest absolute Gasteiger partial charge is 0.494 e. The second-order valence-corrected chi connectivity index (χ2v) is 6.70. The maximum Gasteiger partial charge on any atom is 0.234 e. The highest BCUT2D eigenvalue weighted by molar-refractivity contribution is 5.93. The van der Waals surface area contributed by atoms with Crippen molar-refractivity contribution in [3.8, 4) is 5.75 Å². The zero-order chi connectivity index (χ0) is 20.5. The lowest BCUT2D eigenvalue weighted by Crippen LogP contribution is -2.50. The normalized spacial score (nSPS) is 18.2. The van der Waals surface area contributed by atoms with Crippen molar-refractivity contribution in [1.29, 1.82) is 0 Å². The Bertz CT molecular complexity index is 798. The highest BCUT2D eigenvalue weighted by Crippen LogP contribution is 2.17. The lowest BCUT2D eigenvalue weighted by atomic mass is 10.1. The van der Waals surface area contributed by atoms with Crippen LogP contribution in [0.1, 0.15) is 12.5 Å². The number of rotatable bonds is 9. The zero-order valence-corrected chi connectivity index (χ0v) is 16.4. The minimum atomic E-state index is -0.358. The Hall–Kier alpha value is -2.94. The number of anilines is 1. The fourth-order valence-electron chi connectivity index (χ4n) is 3.03. The van der Waals surface area contributed by atoms with Crippen molar-refractivity contribution >= 4 is 17.5 Å². The van der Waals surface area contributed by atoms with E-state index in [1.54, 1.807) is 12.1 Å². The van der Waals surface area contributed by atoms with Gasteiger partial charge in [0.1, 0.15) is 5.75 Å². The van der Waals surface area contributed by atoms with E-state index >= 15 is 0 Å². The van der Waals surface area contributed by atoms with E-state index in [0.717, 1.165) is 11.3 Å². The van der Waals surface area contributed by atoms with Crippen molar-refractivity contribution in [1.82, 2.24) is 21.5 Å². The molecule has 2 aromatic carbocycles. The van der Waals surface area contributed by atoms with Gasteiger partial charge in [-0.15, -0.1) is 0 Å². The first-order valence-electron chi connectivity index (χ1n) is 9.72. The van der Waals surface area contributed by atoms with Crippen LogP contribution in [0.25, 0.3) is 0 Å². The summed E-state index contributed by atoms with van der Waals surface area (Å²) in [6, 6.07) is 17.0. The Kier molecular flexibility index (Phi) is 7.57. The molecule has 2 unspecified atom stereocenters. The van der Waals surface area contributed by atoms with E-state index in [4.69, 9.17) is 4.74 Å². The van der Waals surface area contributed by atoms with Crippen molar-refractivity contribution in [2.24, 2.45) is 5.92 Å². The van der Waals surface area contributed by atoms with Crippen LogP contribution in [0, 0.1) is 5.92 Å². The smallest absolute Gasteiger partial charge is 0.234 e. The van der Waals surface area contributed by atoms with E-state index in [9.17, 15) is 9.59 Å². The van der Waals surface area contributed by atoms with Crippen LogP contribution in [-0.4, -0.2) is 37.7 Å². The standard InChI is InChI=1S/C21H27N5O3/c1-2-29-17-10-8-16(9-11-17)25-21(28)18-13-24-26-20(18)23-14-19(27)22-12-15-6-4-3-5-7-15/h3-11,18,20,23-24,26H,2,12-14H2,1H3,(H,22,27)(H,25,28). The molecule has 0 aliphatic carbocycles. The van der Waals surface area contributed by atoms with Crippen molar-refractivity contribution in [2.75, 3.05) is 25.0 Å². The Balaban J connectivity index is 1.45. The first-order valence-corrected chi connectivity index (χ1v) is 9.72. The molecule has 1 heterocycles. The summed E-state index contributed by atoms with van der Waals surface area (Å²) in [4.78, 5) is 24.7. The minimum absolute atomic E-state index is 0.110. The number of benzene rings is 2. The van der Waals surface area contributed by atoms with Crippen molar-refractivity contribution in [3.63, 3.8) is 0 Å². The summed E-state index contributed by atoms with van der Waals surface area (Å²) in [5, 5.41) is 8.86. The number of amides is 2. The summed E-state index contributed by atoms with van der Waals surface area (Å²) in [6.45, 7) is 3.56. The summed E-state index contributed by atoms with van der Waals surface area (Å²) < 4.78 is 5.40. The summed E-state index contributed by atoms with van der Waals surface area (Å²) in [6.07, 6.45) is -0.347. The summed E-state index contributed by atoms with van der Waals surface area (Å²) in [5.74, 6) is 0.140. The van der Waals surface area contributed by atoms with Gasteiger partial charge in [0.15, 0.2) is 0 Å². The molecule has 3 rings (SSSR count). The molecule has 5 N–H and O–H groups in total. The van der Waals surface area contributed by atoms with Crippen molar-refractivity contribution in [2.45, 2.75) is 19.6 Å². The molecule has 8 heteroatoms. The van der Waals surface area contributed by atoms with Gasteiger partial charge in [-0.2, -0.15) is 0 Å². The van der Waals surface area contributed by atoms with E-state index in [1.165, 1.54) is 0 Å². The number of nitrogens with one attached hydrogen (secondary N) is 5. The Morgan fingerprint density at radius 1 is 1.10 bits per heavy atom. The molecule has 2 amide bonds. The molecular formula is C21H27N5O3. The predicted molar refractivity (Wildman–Crippen MR) is 111 cm³/mol. The van der Waals surface area contributed by atoms with Gasteiger partial charge in [-0.1, -0.05) is 30.3 Å². The van der Waals surface area contributed by atoms with Gasteiger partial charge in [0, 0.05) is 18.8 Å². The van der Waals surface area contributed by atoms with E-state index in [0.29, 0.717) is 25.4 Å². The van der Waals surface area contributed by atoms with Gasteiger partial charge in [-0.25, -0.2) is 5.43 Å². The first kappa shape index (κ1) is 20.8. The van der Waals surface area contributed by atoms with E-state index in [1.807, 2.05) is 49.4 Å². The van der Waals surface area contributed by atoms with Gasteiger partial charge in [-0.05, 0) is 36.8 Å². The van der Waals surface area contributed by atoms with E-state index < -0.39 is 0 Å². The Labute approximate surface area is 170 Å². The molecule has 154 valence electrons. The molecule has 0 aromatic heterocycles. The highest BCUT2D eigenvalue weighted by Gasteiger charge is 2.32. The van der Waals surface area contributed by atoms with Crippen LogP contribution < -0.4 is 31.5 Å². The number of ether oxygens (including phenoxy) is 1. The van der Waals surface area contributed by atoms with Gasteiger partial charge in [0.25, 0.3) is 0 Å². The molecule has 0 bridgehead atoms. The van der Waals surface area contributed by atoms with Crippen LogP contribution >= 0.6 is 0 Å². The van der Waals surface area contributed by atoms with Crippen molar-refractivity contribution < 1.29 is 14.3 Å². The predicted octanol–water partition coefficient (Wildman–Crippen LogP) is 0.980. The highest BCUT2D eigenvalue weighted by atomic mass is 16.5. The molecule has 1 aliphatic rings. The molecule has 29 heavy (non-hydrogen) atoms. The zero-order valence-electron chi connectivity index (χ0n) is 16.4. The van der Waals surface area contributed by atoms with Gasteiger partial charge in [0.05, 0.1) is 25.2 Å². The van der Waals surface area contributed by atoms with Crippen LogP contribution in [-0.2, 0) is 16.1 Å². The topological polar surface area (TPSA) is 104 Å². The SMILES string of the molecule is CCOc1ccc(NC(=O)C2CNNC2NCC(=O)NCc2ccccc2)cc1. The molecule has 2 aromatic rings. The summed E-state index contributed by atoms with van der Waals surface area (Å²) in [5.41, 5.74) is 7.71. The van der Waals surface area contributed by atoms with Gasteiger partial charge < -0.3 is 15.4 Å². The number of hydrogen-bond donors (Lipinski definition) is 5. The number of hydrogen-bond acceptors (Lipinski definition) is 6. The van der Waals surface area contributed by atoms with Gasteiger partial charge >= 0.3 is 0 Å². The van der Waals surface area contributed by atoms with Crippen LogP contribution in [0.3, 0.4) is 0 Å².